The Bertz CT molecular complexity index is 1140. The third kappa shape index (κ3) is 5.40. The Balaban J connectivity index is 1.71. The lowest BCUT2D eigenvalue weighted by Gasteiger charge is -2.48. The van der Waals surface area contributed by atoms with Crippen LogP contribution in [0.4, 0.5) is 19.0 Å². The molecule has 3 N–H and O–H groups in total. The van der Waals surface area contributed by atoms with Gasteiger partial charge < -0.3 is 15.5 Å². The van der Waals surface area contributed by atoms with Crippen LogP contribution in [0.5, 0.6) is 0 Å². The molecule has 36 heavy (non-hydrogen) atoms. The van der Waals surface area contributed by atoms with Crippen LogP contribution in [0.2, 0.25) is 0 Å². The molecule has 1 aromatic carbocycles. The minimum Gasteiger partial charge on any atom is -0.358 e. The normalized spacial score (nSPS) is 22.6. The maximum absolute atomic E-state index is 13.9. The van der Waals surface area contributed by atoms with Crippen molar-refractivity contribution in [1.82, 2.24) is 25.5 Å². The van der Waals surface area contributed by atoms with Crippen molar-refractivity contribution >= 4 is 28.5 Å². The molecular formula is C25H33F3N6O2. The van der Waals surface area contributed by atoms with Crippen molar-refractivity contribution in [2.24, 2.45) is 0 Å². The Morgan fingerprint density at radius 1 is 1.11 bits per heavy atom. The third-order valence-corrected chi connectivity index (χ3v) is 6.73. The number of alkyl halides is 3. The van der Waals surface area contributed by atoms with Gasteiger partial charge in [0.25, 0.3) is 0 Å². The first-order valence-corrected chi connectivity index (χ1v) is 12.3. The van der Waals surface area contributed by atoms with E-state index in [2.05, 4.69) is 25.9 Å². The van der Waals surface area contributed by atoms with E-state index in [4.69, 9.17) is 0 Å². The lowest BCUT2D eigenvalue weighted by molar-refractivity contribution is -0.144. The van der Waals surface area contributed by atoms with Crippen molar-refractivity contribution in [3.63, 3.8) is 0 Å². The maximum atomic E-state index is 13.9. The number of carbonyl (C=O) groups is 2. The van der Waals surface area contributed by atoms with Crippen LogP contribution in [0.1, 0.15) is 71.8 Å². The van der Waals surface area contributed by atoms with Gasteiger partial charge in [0.05, 0.1) is 17.2 Å². The zero-order valence-corrected chi connectivity index (χ0v) is 21.0. The fourth-order valence-corrected chi connectivity index (χ4v) is 5.41. The van der Waals surface area contributed by atoms with Crippen LogP contribution in [0.15, 0.2) is 24.5 Å². The van der Waals surface area contributed by atoms with Crippen molar-refractivity contribution in [2.75, 3.05) is 5.32 Å². The number of aromatic nitrogens is 2. The molecule has 2 fully saturated rings. The maximum Gasteiger partial charge on any atom is 0.416 e. The number of nitrogens with zero attached hydrogens (tertiary/aromatic N) is 3. The number of rotatable bonds is 5. The van der Waals surface area contributed by atoms with Gasteiger partial charge in [-0.05, 0) is 64.7 Å². The van der Waals surface area contributed by atoms with E-state index < -0.39 is 29.6 Å². The third-order valence-electron chi connectivity index (χ3n) is 6.73. The molecule has 2 atom stereocenters. The number of fused-ring (bicyclic) bond motifs is 1. The first-order chi connectivity index (χ1) is 16.8. The number of carbonyl (C=O) groups excluding carboxylic acids is 2. The summed E-state index contributed by atoms with van der Waals surface area (Å²) in [6.07, 6.45) is 0.756. The summed E-state index contributed by atoms with van der Waals surface area (Å²) in [5, 5.41) is 9.87. The number of likely N-dealkylation sites (tertiary alicyclic amines) is 1. The van der Waals surface area contributed by atoms with E-state index in [-0.39, 0.29) is 28.6 Å². The number of hydrogen-bond donors (Lipinski definition) is 3. The second-order valence-electron chi connectivity index (χ2n) is 10.8. The summed E-state index contributed by atoms with van der Waals surface area (Å²) >= 11 is 0. The molecule has 0 spiro atoms. The molecule has 0 bridgehead atoms. The van der Waals surface area contributed by atoms with Crippen molar-refractivity contribution in [2.45, 2.75) is 95.8 Å². The van der Waals surface area contributed by atoms with Gasteiger partial charge in [0.1, 0.15) is 23.8 Å². The van der Waals surface area contributed by atoms with Gasteiger partial charge in [-0.25, -0.2) is 9.97 Å². The van der Waals surface area contributed by atoms with Crippen LogP contribution in [-0.4, -0.2) is 50.1 Å². The largest absolute Gasteiger partial charge is 0.416 e. The average Bonchev–Trinajstić information content (AvgIpc) is 3.06. The van der Waals surface area contributed by atoms with E-state index in [1.54, 1.807) is 4.90 Å². The molecule has 1 saturated carbocycles. The molecule has 1 aromatic heterocycles. The van der Waals surface area contributed by atoms with Crippen LogP contribution in [0, 0.1) is 0 Å². The predicted octanol–water partition coefficient (Wildman–Crippen LogP) is 4.17. The highest BCUT2D eigenvalue weighted by atomic mass is 19.4. The molecule has 2 aliphatic rings. The Morgan fingerprint density at radius 2 is 1.81 bits per heavy atom. The number of halogens is 3. The SMILES string of the molecule is CC(=O)NC1(N2C(=O)C(Nc3ncnc4ccc(C(F)(F)F)cc34)C[C@@H]2NC(C)(C)C)CCCCC1. The molecule has 2 amide bonds. The molecule has 196 valence electrons. The number of amides is 2. The molecular weight excluding hydrogens is 473 g/mol. The highest BCUT2D eigenvalue weighted by Crippen LogP contribution is 2.39. The fourth-order valence-electron chi connectivity index (χ4n) is 5.41. The molecule has 4 rings (SSSR count). The van der Waals surface area contributed by atoms with Gasteiger partial charge in [-0.1, -0.05) is 6.42 Å². The van der Waals surface area contributed by atoms with Gasteiger partial charge in [0, 0.05) is 24.3 Å². The molecule has 1 saturated heterocycles. The minimum absolute atomic E-state index is 0.165. The summed E-state index contributed by atoms with van der Waals surface area (Å²) in [6.45, 7) is 7.45. The smallest absolute Gasteiger partial charge is 0.358 e. The zero-order chi connectivity index (χ0) is 26.3. The van der Waals surface area contributed by atoms with E-state index in [1.165, 1.54) is 19.3 Å². The number of hydrogen-bond acceptors (Lipinski definition) is 6. The summed E-state index contributed by atoms with van der Waals surface area (Å²) in [4.78, 5) is 36.1. The van der Waals surface area contributed by atoms with Gasteiger partial charge in [-0.15, -0.1) is 0 Å². The lowest BCUT2D eigenvalue weighted by Crippen LogP contribution is -2.67. The van der Waals surface area contributed by atoms with Crippen molar-refractivity contribution in [3.05, 3.63) is 30.1 Å². The topological polar surface area (TPSA) is 99.3 Å². The molecule has 2 aromatic rings. The first-order valence-electron chi connectivity index (χ1n) is 12.3. The Labute approximate surface area is 208 Å². The van der Waals surface area contributed by atoms with Gasteiger partial charge in [0.15, 0.2) is 0 Å². The summed E-state index contributed by atoms with van der Waals surface area (Å²) in [6, 6.07) is 2.53. The highest BCUT2D eigenvalue weighted by Gasteiger charge is 2.52. The van der Waals surface area contributed by atoms with Crippen LogP contribution in [0.3, 0.4) is 0 Å². The van der Waals surface area contributed by atoms with Gasteiger partial charge >= 0.3 is 6.18 Å². The van der Waals surface area contributed by atoms with E-state index in [9.17, 15) is 22.8 Å². The van der Waals surface area contributed by atoms with E-state index in [0.29, 0.717) is 24.8 Å². The molecule has 2 heterocycles. The van der Waals surface area contributed by atoms with E-state index >= 15 is 0 Å². The zero-order valence-electron chi connectivity index (χ0n) is 21.0. The van der Waals surface area contributed by atoms with Gasteiger partial charge in [0.2, 0.25) is 11.8 Å². The van der Waals surface area contributed by atoms with E-state index in [1.807, 2.05) is 20.8 Å². The molecule has 1 aliphatic heterocycles. The minimum atomic E-state index is -4.52. The Hall–Kier alpha value is -2.95. The van der Waals surface area contributed by atoms with Gasteiger partial charge in [-0.3, -0.25) is 14.9 Å². The van der Waals surface area contributed by atoms with Crippen LogP contribution in [0.25, 0.3) is 10.9 Å². The second-order valence-corrected chi connectivity index (χ2v) is 10.8. The highest BCUT2D eigenvalue weighted by molar-refractivity contribution is 5.94. The number of benzene rings is 1. The summed E-state index contributed by atoms with van der Waals surface area (Å²) < 4.78 is 40.1. The standard InChI is InChI=1S/C25H33F3N6O2/c1-15(35)32-24(10-6-5-7-11-24)34-20(33-23(2,3)4)13-19(22(34)36)31-21-17-12-16(25(26,27)28)8-9-18(17)29-14-30-21/h8-9,12,14,19-20,33H,5-7,10-11,13H2,1-4H3,(H,32,35)(H,29,30,31)/t19?,20-/m1/s1. The number of anilines is 1. The second kappa shape index (κ2) is 9.49. The Morgan fingerprint density at radius 3 is 2.42 bits per heavy atom. The van der Waals surface area contributed by atoms with Crippen LogP contribution in [-0.2, 0) is 15.8 Å². The fraction of sp³-hybridized carbons (Fsp3) is 0.600. The summed E-state index contributed by atoms with van der Waals surface area (Å²) in [5.41, 5.74) is -1.62. The average molecular weight is 507 g/mol. The predicted molar refractivity (Wildman–Crippen MR) is 130 cm³/mol. The molecule has 11 heteroatoms. The summed E-state index contributed by atoms with van der Waals surface area (Å²) in [7, 11) is 0. The molecule has 0 radical (unpaired) electrons. The first kappa shape index (κ1) is 26.1. The van der Waals surface area contributed by atoms with Gasteiger partial charge in [-0.2, -0.15) is 13.2 Å². The van der Waals surface area contributed by atoms with E-state index in [0.717, 1.165) is 31.4 Å². The Kier molecular flexibility index (Phi) is 6.89. The molecule has 1 unspecified atom stereocenters. The summed E-state index contributed by atoms with van der Waals surface area (Å²) in [5.74, 6) is -0.277. The van der Waals surface area contributed by atoms with Crippen LogP contribution >= 0.6 is 0 Å². The molecule has 1 aliphatic carbocycles. The molecule has 8 nitrogen and oxygen atoms in total. The lowest BCUT2D eigenvalue weighted by atomic mass is 9.87. The number of nitrogens with one attached hydrogen (secondary N) is 3. The van der Waals surface area contributed by atoms with Crippen LogP contribution < -0.4 is 16.0 Å². The van der Waals surface area contributed by atoms with Crippen molar-refractivity contribution in [1.29, 1.82) is 0 Å². The monoisotopic (exact) mass is 506 g/mol. The quantitative estimate of drug-likeness (QED) is 0.563. The van der Waals surface area contributed by atoms with Crippen molar-refractivity contribution < 1.29 is 22.8 Å². The van der Waals surface area contributed by atoms with Crippen molar-refractivity contribution in [3.8, 4) is 0 Å².